The van der Waals surface area contributed by atoms with E-state index in [1.807, 2.05) is 13.8 Å². The van der Waals surface area contributed by atoms with Crippen molar-refractivity contribution in [2.75, 3.05) is 0 Å². The summed E-state index contributed by atoms with van der Waals surface area (Å²) >= 11 is 0. The number of hydrogen-bond donors (Lipinski definition) is 0. The fraction of sp³-hybridized carbons (Fsp3) is 0.474. The third-order valence-electron chi connectivity index (χ3n) is 4.08. The molecule has 0 amide bonds. The molecule has 0 aliphatic heterocycles. The van der Waals surface area contributed by atoms with E-state index >= 15 is 0 Å². The van der Waals surface area contributed by atoms with E-state index in [0.717, 1.165) is 34.1 Å². The van der Waals surface area contributed by atoms with Crippen molar-refractivity contribution in [3.63, 3.8) is 0 Å². The maximum absolute atomic E-state index is 11.5. The van der Waals surface area contributed by atoms with Crippen LogP contribution in [0.5, 0.6) is 5.75 Å². The van der Waals surface area contributed by atoms with Crippen LogP contribution in [-0.2, 0) is 11.2 Å². The van der Waals surface area contributed by atoms with Gasteiger partial charge in [0.2, 0.25) is 0 Å². The minimum Gasteiger partial charge on any atom is -0.426 e. The second-order valence-electron chi connectivity index (χ2n) is 6.01. The van der Waals surface area contributed by atoms with E-state index in [2.05, 4.69) is 31.0 Å². The Balaban J connectivity index is 2.58. The van der Waals surface area contributed by atoms with Gasteiger partial charge in [-0.1, -0.05) is 25.8 Å². The molecular weight excluding hydrogens is 274 g/mol. The molecular formula is C19H25NO2. The van der Waals surface area contributed by atoms with Crippen LogP contribution in [0, 0.1) is 20.8 Å². The maximum Gasteiger partial charge on any atom is 0.308 e. The first-order valence-electron chi connectivity index (χ1n) is 8.02. The molecule has 0 spiro atoms. The van der Waals surface area contributed by atoms with Gasteiger partial charge in [0.25, 0.3) is 0 Å². The maximum atomic E-state index is 11.5. The van der Waals surface area contributed by atoms with Gasteiger partial charge in [-0.15, -0.1) is 0 Å². The van der Waals surface area contributed by atoms with Crippen LogP contribution >= 0.6 is 0 Å². The summed E-state index contributed by atoms with van der Waals surface area (Å²) in [5.74, 6) is 0.375. The summed E-state index contributed by atoms with van der Waals surface area (Å²) in [7, 11) is 0. The van der Waals surface area contributed by atoms with Crippen molar-refractivity contribution in [3.05, 3.63) is 34.5 Å². The number of nitrogens with zero attached hydrogens (tertiary/aromatic N) is 1. The van der Waals surface area contributed by atoms with E-state index in [4.69, 9.17) is 4.74 Å². The Labute approximate surface area is 132 Å². The van der Waals surface area contributed by atoms with Gasteiger partial charge in [0.05, 0.1) is 5.52 Å². The highest BCUT2D eigenvalue weighted by atomic mass is 16.5. The minimum absolute atomic E-state index is 0.288. The molecule has 22 heavy (non-hydrogen) atoms. The van der Waals surface area contributed by atoms with Gasteiger partial charge < -0.3 is 4.74 Å². The van der Waals surface area contributed by atoms with Crippen LogP contribution in [0.1, 0.15) is 55.5 Å². The molecule has 0 fully saturated rings. The molecule has 3 heteroatoms. The van der Waals surface area contributed by atoms with Crippen LogP contribution in [-0.4, -0.2) is 11.0 Å². The number of pyridine rings is 1. The predicted octanol–water partition coefficient (Wildman–Crippen LogP) is 4.82. The molecule has 0 atom stereocenters. The summed E-state index contributed by atoms with van der Waals surface area (Å²) in [4.78, 5) is 16.1. The van der Waals surface area contributed by atoms with Crippen molar-refractivity contribution in [1.82, 2.24) is 4.98 Å². The lowest BCUT2D eigenvalue weighted by molar-refractivity contribution is -0.131. The summed E-state index contributed by atoms with van der Waals surface area (Å²) in [5, 5.41) is 0.949. The number of aryl methyl sites for hydroxylation is 3. The number of esters is 1. The van der Waals surface area contributed by atoms with Crippen molar-refractivity contribution >= 4 is 16.9 Å². The number of aromatic nitrogens is 1. The molecule has 0 radical (unpaired) electrons. The minimum atomic E-state index is -0.288. The number of carbonyl (C=O) groups is 1. The molecule has 0 saturated carbocycles. The lowest BCUT2D eigenvalue weighted by atomic mass is 9.99. The lowest BCUT2D eigenvalue weighted by Gasteiger charge is -2.14. The molecule has 0 aliphatic rings. The average Bonchev–Trinajstić information content (AvgIpc) is 2.45. The van der Waals surface area contributed by atoms with Crippen molar-refractivity contribution in [2.24, 2.45) is 0 Å². The summed E-state index contributed by atoms with van der Waals surface area (Å²) in [6, 6.07) is 4.34. The Morgan fingerprint density at radius 2 is 1.91 bits per heavy atom. The van der Waals surface area contributed by atoms with Crippen LogP contribution in [0.3, 0.4) is 0 Å². The summed E-state index contributed by atoms with van der Waals surface area (Å²) in [5.41, 5.74) is 5.20. The number of rotatable bonds is 5. The third-order valence-corrected chi connectivity index (χ3v) is 4.08. The van der Waals surface area contributed by atoms with Gasteiger partial charge in [0.15, 0.2) is 0 Å². The smallest absolute Gasteiger partial charge is 0.308 e. The second kappa shape index (κ2) is 6.91. The summed E-state index contributed by atoms with van der Waals surface area (Å²) < 4.78 is 5.50. The molecule has 0 bridgehead atoms. The Morgan fingerprint density at radius 1 is 1.18 bits per heavy atom. The predicted molar refractivity (Wildman–Crippen MR) is 90.5 cm³/mol. The van der Waals surface area contributed by atoms with E-state index in [1.54, 1.807) is 0 Å². The zero-order valence-corrected chi connectivity index (χ0v) is 14.2. The quantitative estimate of drug-likeness (QED) is 0.587. The molecule has 118 valence electrons. The number of benzene rings is 1. The van der Waals surface area contributed by atoms with Crippen LogP contribution in [0.15, 0.2) is 12.1 Å². The third kappa shape index (κ3) is 3.46. The number of carbonyl (C=O) groups excluding carboxylic acids is 1. The molecule has 3 nitrogen and oxygen atoms in total. The summed E-state index contributed by atoms with van der Waals surface area (Å²) in [6.45, 7) is 9.64. The van der Waals surface area contributed by atoms with Crippen LogP contribution < -0.4 is 4.74 Å². The molecule has 2 rings (SSSR count). The van der Waals surface area contributed by atoms with Crippen molar-refractivity contribution in [3.8, 4) is 5.75 Å². The number of ether oxygens (including phenoxy) is 1. The average molecular weight is 299 g/mol. The molecule has 0 unspecified atom stereocenters. The largest absolute Gasteiger partial charge is 0.426 e. The molecule has 1 aromatic heterocycles. The highest BCUT2D eigenvalue weighted by molar-refractivity contribution is 5.91. The van der Waals surface area contributed by atoms with Crippen LogP contribution in [0.25, 0.3) is 10.9 Å². The monoisotopic (exact) mass is 299 g/mol. The van der Waals surface area contributed by atoms with E-state index in [0.29, 0.717) is 5.75 Å². The molecule has 1 heterocycles. The number of hydrogen-bond acceptors (Lipinski definition) is 3. The van der Waals surface area contributed by atoms with Crippen molar-refractivity contribution in [1.29, 1.82) is 0 Å². The Morgan fingerprint density at radius 3 is 2.55 bits per heavy atom. The molecule has 2 aromatic rings. The van der Waals surface area contributed by atoms with Crippen molar-refractivity contribution in [2.45, 2.75) is 60.3 Å². The lowest BCUT2D eigenvalue weighted by Crippen LogP contribution is -2.06. The summed E-state index contributed by atoms with van der Waals surface area (Å²) in [6.07, 6.45) is 4.68. The van der Waals surface area contributed by atoms with Gasteiger partial charge in [-0.25, -0.2) is 0 Å². The first-order chi connectivity index (χ1) is 10.4. The Kier molecular flexibility index (Phi) is 5.17. The number of unbranched alkanes of at least 4 members (excludes halogenated alkanes) is 2. The SMILES string of the molecule is CCCCCc1cc(C)c2nc(C)c(C)c(OC(C)=O)c2c1. The molecule has 0 saturated heterocycles. The van der Waals surface area contributed by atoms with Crippen molar-refractivity contribution < 1.29 is 9.53 Å². The van der Waals surface area contributed by atoms with Crippen LogP contribution in [0.2, 0.25) is 0 Å². The Bertz CT molecular complexity index is 704. The normalized spacial score (nSPS) is 11.0. The zero-order valence-electron chi connectivity index (χ0n) is 14.2. The fourth-order valence-corrected chi connectivity index (χ4v) is 2.79. The highest BCUT2D eigenvalue weighted by Crippen LogP contribution is 2.33. The second-order valence-corrected chi connectivity index (χ2v) is 6.01. The number of fused-ring (bicyclic) bond motifs is 1. The Hall–Kier alpha value is -1.90. The van der Waals surface area contributed by atoms with Gasteiger partial charge in [-0.3, -0.25) is 9.78 Å². The van der Waals surface area contributed by atoms with Gasteiger partial charge >= 0.3 is 5.97 Å². The van der Waals surface area contributed by atoms with E-state index in [9.17, 15) is 4.79 Å². The van der Waals surface area contributed by atoms with Crippen LogP contribution in [0.4, 0.5) is 0 Å². The molecule has 0 aliphatic carbocycles. The standard InChI is InChI=1S/C19H25NO2/c1-6-7-8-9-16-10-12(2)18-17(11-16)19(22-15(5)21)13(3)14(4)20-18/h10-11H,6-9H2,1-5H3. The molecule has 0 N–H and O–H groups in total. The van der Waals surface area contributed by atoms with Gasteiger partial charge in [0.1, 0.15) is 5.75 Å². The first kappa shape index (κ1) is 16.5. The molecule has 1 aromatic carbocycles. The van der Waals surface area contributed by atoms with Gasteiger partial charge in [0, 0.05) is 23.6 Å². The highest BCUT2D eigenvalue weighted by Gasteiger charge is 2.15. The topological polar surface area (TPSA) is 39.2 Å². The van der Waals surface area contributed by atoms with Gasteiger partial charge in [-0.2, -0.15) is 0 Å². The fourth-order valence-electron chi connectivity index (χ4n) is 2.79. The van der Waals surface area contributed by atoms with E-state index < -0.39 is 0 Å². The first-order valence-corrected chi connectivity index (χ1v) is 8.02. The van der Waals surface area contributed by atoms with Gasteiger partial charge in [-0.05, 0) is 50.8 Å². The zero-order chi connectivity index (χ0) is 16.3. The van der Waals surface area contributed by atoms with E-state index in [-0.39, 0.29) is 5.97 Å². The van der Waals surface area contributed by atoms with E-state index in [1.165, 1.54) is 31.7 Å².